The molecule has 0 amide bonds. The summed E-state index contributed by atoms with van der Waals surface area (Å²) in [4.78, 5) is 8.82. The van der Waals surface area contributed by atoms with Crippen LogP contribution >= 0.6 is 23.8 Å². The minimum atomic E-state index is 0.610. The van der Waals surface area contributed by atoms with E-state index in [9.17, 15) is 0 Å². The number of pyridine rings is 1. The Morgan fingerprint density at radius 1 is 1.21 bits per heavy atom. The van der Waals surface area contributed by atoms with E-state index in [2.05, 4.69) is 36.7 Å². The summed E-state index contributed by atoms with van der Waals surface area (Å²) in [6.45, 7) is 4.08. The van der Waals surface area contributed by atoms with Crippen LogP contribution in [0.5, 0.6) is 0 Å². The maximum Gasteiger partial charge on any atom is 0.189 e. The molecule has 2 aromatic rings. The molecule has 0 radical (unpaired) electrons. The van der Waals surface area contributed by atoms with Gasteiger partial charge in [-0.1, -0.05) is 11.6 Å². The van der Waals surface area contributed by atoms with Gasteiger partial charge in [0.25, 0.3) is 0 Å². The highest BCUT2D eigenvalue weighted by Crippen LogP contribution is 2.28. The number of nitrogens with one attached hydrogen (secondary N) is 2. The molecule has 0 aliphatic carbocycles. The molecule has 29 heavy (non-hydrogen) atoms. The van der Waals surface area contributed by atoms with Gasteiger partial charge in [0, 0.05) is 51.0 Å². The van der Waals surface area contributed by atoms with Gasteiger partial charge in [0.05, 0.1) is 28.1 Å². The van der Waals surface area contributed by atoms with Crippen molar-refractivity contribution in [1.82, 2.24) is 15.3 Å². The van der Waals surface area contributed by atoms with Crippen LogP contribution in [0.4, 0.5) is 11.4 Å². The average molecular weight is 426 g/mol. The van der Waals surface area contributed by atoms with Crippen LogP contribution in [0.2, 0.25) is 5.02 Å². The molecule has 4 rings (SSSR count). The van der Waals surface area contributed by atoms with E-state index in [1.54, 1.807) is 12.3 Å². The summed E-state index contributed by atoms with van der Waals surface area (Å²) >= 11 is 11.8. The number of piperazine rings is 1. The SMILES string of the molecule is N#Cc1ccc(N2CCN(C(=S)N/N=C3/CCNc4c(Cl)ccnc43)CC2)cc1. The van der Waals surface area contributed by atoms with E-state index >= 15 is 0 Å². The first-order valence-corrected chi connectivity index (χ1v) is 10.2. The summed E-state index contributed by atoms with van der Waals surface area (Å²) in [6.07, 6.45) is 2.44. The fourth-order valence-corrected chi connectivity index (χ4v) is 3.90. The fraction of sp³-hybridized carbons (Fsp3) is 0.300. The molecular weight excluding hydrogens is 406 g/mol. The highest BCUT2D eigenvalue weighted by molar-refractivity contribution is 7.80. The lowest BCUT2D eigenvalue weighted by molar-refractivity contribution is 0.381. The molecule has 1 saturated heterocycles. The number of anilines is 2. The van der Waals surface area contributed by atoms with Gasteiger partial charge < -0.3 is 15.1 Å². The molecule has 7 nitrogen and oxygen atoms in total. The molecule has 0 unspecified atom stereocenters. The van der Waals surface area contributed by atoms with Crippen molar-refractivity contribution in [3.8, 4) is 6.07 Å². The van der Waals surface area contributed by atoms with Crippen LogP contribution in [-0.4, -0.2) is 53.4 Å². The Balaban J connectivity index is 1.36. The van der Waals surface area contributed by atoms with E-state index < -0.39 is 0 Å². The van der Waals surface area contributed by atoms with E-state index in [-0.39, 0.29) is 0 Å². The topological polar surface area (TPSA) is 79.6 Å². The fourth-order valence-electron chi connectivity index (χ4n) is 3.46. The summed E-state index contributed by atoms with van der Waals surface area (Å²) < 4.78 is 0. The lowest BCUT2D eigenvalue weighted by Crippen LogP contribution is -2.51. The number of rotatable bonds is 2. The van der Waals surface area contributed by atoms with Crippen molar-refractivity contribution in [3.63, 3.8) is 0 Å². The summed E-state index contributed by atoms with van der Waals surface area (Å²) in [5.74, 6) is 0. The predicted molar refractivity (Wildman–Crippen MR) is 120 cm³/mol. The lowest BCUT2D eigenvalue weighted by atomic mass is 10.1. The van der Waals surface area contributed by atoms with Crippen LogP contribution in [0.15, 0.2) is 41.6 Å². The van der Waals surface area contributed by atoms with E-state index in [0.717, 1.165) is 61.9 Å². The number of nitriles is 1. The molecule has 1 aromatic heterocycles. The Labute approximate surface area is 180 Å². The van der Waals surface area contributed by atoms with Crippen molar-refractivity contribution in [2.24, 2.45) is 5.10 Å². The Kier molecular flexibility index (Phi) is 5.79. The van der Waals surface area contributed by atoms with E-state index in [4.69, 9.17) is 29.1 Å². The molecule has 2 aliphatic rings. The third-order valence-corrected chi connectivity index (χ3v) is 5.72. The van der Waals surface area contributed by atoms with Crippen molar-refractivity contribution in [3.05, 3.63) is 52.8 Å². The van der Waals surface area contributed by atoms with E-state index in [0.29, 0.717) is 15.7 Å². The second-order valence-corrected chi connectivity index (χ2v) is 7.60. The Bertz CT molecular complexity index is 975. The Hall–Kier alpha value is -2.89. The second-order valence-electron chi connectivity index (χ2n) is 6.80. The highest BCUT2D eigenvalue weighted by Gasteiger charge is 2.21. The standard InChI is InChI=1S/C20H20ClN7S/c21-16-5-7-24-19-17(6-8-23-18(16)19)25-26-20(29)28-11-9-27(10-12-28)15-3-1-14(13-22)2-4-15/h1-5,7,23H,6,8-12H2,(H,26,29)/b25-17-. The number of fused-ring (bicyclic) bond motifs is 1. The van der Waals surface area contributed by atoms with Gasteiger partial charge in [-0.3, -0.25) is 10.4 Å². The average Bonchev–Trinajstić information content (AvgIpc) is 2.78. The van der Waals surface area contributed by atoms with Gasteiger partial charge >= 0.3 is 0 Å². The summed E-state index contributed by atoms with van der Waals surface area (Å²) in [5, 5.41) is 18.0. The van der Waals surface area contributed by atoms with Crippen molar-refractivity contribution in [2.75, 3.05) is 42.9 Å². The molecule has 0 atom stereocenters. The van der Waals surface area contributed by atoms with Crippen molar-refractivity contribution in [2.45, 2.75) is 6.42 Å². The zero-order valence-electron chi connectivity index (χ0n) is 15.7. The number of nitrogens with zero attached hydrogens (tertiary/aromatic N) is 5. The maximum absolute atomic E-state index is 8.93. The quantitative estimate of drug-likeness (QED) is 0.565. The molecule has 0 saturated carbocycles. The number of halogens is 1. The summed E-state index contributed by atoms with van der Waals surface area (Å²) in [5.41, 5.74) is 7.26. The highest BCUT2D eigenvalue weighted by atomic mass is 35.5. The van der Waals surface area contributed by atoms with Crippen molar-refractivity contribution in [1.29, 1.82) is 5.26 Å². The van der Waals surface area contributed by atoms with Crippen LogP contribution in [0.3, 0.4) is 0 Å². The largest absolute Gasteiger partial charge is 0.382 e. The van der Waals surface area contributed by atoms with Gasteiger partial charge in [-0.15, -0.1) is 0 Å². The molecule has 1 aromatic carbocycles. The first-order chi connectivity index (χ1) is 14.2. The number of thiocarbonyl (C=S) groups is 1. The molecule has 0 spiro atoms. The third kappa shape index (κ3) is 4.26. The molecule has 1 fully saturated rings. The minimum absolute atomic E-state index is 0.610. The van der Waals surface area contributed by atoms with Gasteiger partial charge in [-0.05, 0) is 42.5 Å². The Morgan fingerprint density at radius 3 is 2.69 bits per heavy atom. The smallest absolute Gasteiger partial charge is 0.189 e. The molecule has 9 heteroatoms. The van der Waals surface area contributed by atoms with Gasteiger partial charge in [-0.25, -0.2) is 0 Å². The normalized spacial score (nSPS) is 17.3. The third-order valence-electron chi connectivity index (χ3n) is 5.05. The number of aromatic nitrogens is 1. The van der Waals surface area contributed by atoms with Gasteiger partial charge in [0.1, 0.15) is 5.69 Å². The second kappa shape index (κ2) is 8.64. The molecule has 2 N–H and O–H groups in total. The number of benzene rings is 1. The van der Waals surface area contributed by atoms with Crippen LogP contribution < -0.4 is 15.6 Å². The van der Waals surface area contributed by atoms with Crippen molar-refractivity contribution >= 4 is 46.0 Å². The number of hydrogen-bond donors (Lipinski definition) is 2. The van der Waals surface area contributed by atoms with Gasteiger partial charge in [0.15, 0.2) is 5.11 Å². The zero-order valence-corrected chi connectivity index (χ0v) is 17.3. The first kappa shape index (κ1) is 19.4. The van der Waals surface area contributed by atoms with Crippen LogP contribution in [-0.2, 0) is 0 Å². The predicted octanol–water partition coefficient (Wildman–Crippen LogP) is 2.82. The Morgan fingerprint density at radius 2 is 1.97 bits per heavy atom. The summed E-state index contributed by atoms with van der Waals surface area (Å²) in [7, 11) is 0. The zero-order chi connectivity index (χ0) is 20.2. The first-order valence-electron chi connectivity index (χ1n) is 9.41. The van der Waals surface area contributed by atoms with Gasteiger partial charge in [-0.2, -0.15) is 10.4 Å². The van der Waals surface area contributed by atoms with E-state index in [1.165, 1.54) is 0 Å². The maximum atomic E-state index is 8.93. The van der Waals surface area contributed by atoms with E-state index in [1.807, 2.05) is 24.3 Å². The molecule has 148 valence electrons. The van der Waals surface area contributed by atoms with Crippen LogP contribution in [0.1, 0.15) is 17.7 Å². The van der Waals surface area contributed by atoms with Crippen molar-refractivity contribution < 1.29 is 0 Å². The monoisotopic (exact) mass is 425 g/mol. The van der Waals surface area contributed by atoms with Crippen LogP contribution in [0.25, 0.3) is 0 Å². The molecular formula is C20H20ClN7S. The number of hydrazone groups is 1. The van der Waals surface area contributed by atoms with Gasteiger partial charge in [0.2, 0.25) is 0 Å². The molecule has 0 bridgehead atoms. The lowest BCUT2D eigenvalue weighted by Gasteiger charge is -2.37. The summed E-state index contributed by atoms with van der Waals surface area (Å²) in [6, 6.07) is 11.6. The van der Waals surface area contributed by atoms with Crippen LogP contribution in [0, 0.1) is 11.3 Å². The minimum Gasteiger partial charge on any atom is -0.382 e. The molecule has 2 aliphatic heterocycles. The number of hydrogen-bond acceptors (Lipinski definition) is 6. The molecule has 3 heterocycles.